The summed E-state index contributed by atoms with van der Waals surface area (Å²) >= 11 is 0. The highest BCUT2D eigenvalue weighted by molar-refractivity contribution is 5.82. The maximum Gasteiger partial charge on any atom is 0.310 e. The zero-order chi connectivity index (χ0) is 14.2. The van der Waals surface area contributed by atoms with Crippen LogP contribution in [-0.2, 0) is 19.1 Å². The Morgan fingerprint density at radius 2 is 1.89 bits per heavy atom. The third-order valence-corrected chi connectivity index (χ3v) is 4.56. The lowest BCUT2D eigenvalue weighted by Gasteiger charge is -2.24. The Hall–Kier alpha value is -1.10. The quantitative estimate of drug-likeness (QED) is 0.704. The van der Waals surface area contributed by atoms with E-state index in [4.69, 9.17) is 9.47 Å². The second-order valence-electron chi connectivity index (χ2n) is 5.72. The molecule has 0 spiro atoms. The minimum atomic E-state index is -0.215. The molecule has 2 fully saturated rings. The number of carbonyl (C=O) groups is 2. The summed E-state index contributed by atoms with van der Waals surface area (Å²) in [6.45, 7) is 7.15. The van der Waals surface area contributed by atoms with Crippen LogP contribution in [0.1, 0.15) is 27.2 Å². The van der Waals surface area contributed by atoms with Crippen LogP contribution in [0.2, 0.25) is 0 Å². The van der Waals surface area contributed by atoms with Gasteiger partial charge in [0.05, 0.1) is 31.2 Å². The summed E-state index contributed by atoms with van der Waals surface area (Å²) in [6.07, 6.45) is 0.766. The molecular weight excluding hydrogens is 246 g/mol. The van der Waals surface area contributed by atoms with Crippen LogP contribution < -0.4 is 0 Å². The molecule has 0 aliphatic carbocycles. The molecule has 2 heterocycles. The lowest BCUT2D eigenvalue weighted by molar-refractivity contribution is -0.145. The van der Waals surface area contributed by atoms with Crippen molar-refractivity contribution in [3.05, 3.63) is 0 Å². The average molecular weight is 269 g/mol. The summed E-state index contributed by atoms with van der Waals surface area (Å²) in [5.74, 6) is -0.131. The molecule has 1 amide bonds. The van der Waals surface area contributed by atoms with Gasteiger partial charge in [-0.05, 0) is 26.2 Å². The third-order valence-electron chi connectivity index (χ3n) is 4.56. The molecule has 2 aliphatic rings. The van der Waals surface area contributed by atoms with Gasteiger partial charge in [0, 0.05) is 13.1 Å². The molecule has 0 N–H and O–H groups in total. The number of amides is 1. The number of likely N-dealkylation sites (tertiary alicyclic amines) is 1. The zero-order valence-corrected chi connectivity index (χ0v) is 12.1. The molecule has 0 aromatic heterocycles. The Bertz CT molecular complexity index is 370. The smallest absolute Gasteiger partial charge is 0.310 e. The highest BCUT2D eigenvalue weighted by atomic mass is 16.5. The predicted octanol–water partition coefficient (Wildman–Crippen LogP) is 1.07. The number of methoxy groups -OCH3 is 1. The Labute approximate surface area is 114 Å². The van der Waals surface area contributed by atoms with E-state index in [0.717, 1.165) is 0 Å². The van der Waals surface area contributed by atoms with Gasteiger partial charge in [-0.15, -0.1) is 0 Å². The normalized spacial score (nSPS) is 38.5. The molecule has 2 aliphatic heterocycles. The summed E-state index contributed by atoms with van der Waals surface area (Å²) < 4.78 is 10.5. The van der Waals surface area contributed by atoms with Crippen molar-refractivity contribution in [3.8, 4) is 0 Å². The molecule has 5 nitrogen and oxygen atoms in total. The number of hydrogen-bond acceptors (Lipinski definition) is 4. The number of ether oxygens (including phenoxy) is 2. The summed E-state index contributed by atoms with van der Waals surface area (Å²) in [7, 11) is 1.39. The largest absolute Gasteiger partial charge is 0.469 e. The second-order valence-corrected chi connectivity index (χ2v) is 5.72. The molecule has 0 aromatic carbocycles. The van der Waals surface area contributed by atoms with Crippen LogP contribution in [0.4, 0.5) is 0 Å². The van der Waals surface area contributed by atoms with Gasteiger partial charge < -0.3 is 14.4 Å². The Morgan fingerprint density at radius 3 is 2.42 bits per heavy atom. The molecule has 0 bridgehead atoms. The number of carbonyl (C=O) groups excluding carboxylic acids is 2. The van der Waals surface area contributed by atoms with Crippen molar-refractivity contribution < 1.29 is 19.1 Å². The topological polar surface area (TPSA) is 55.8 Å². The van der Waals surface area contributed by atoms with Gasteiger partial charge >= 0.3 is 5.97 Å². The van der Waals surface area contributed by atoms with Crippen molar-refractivity contribution in [1.82, 2.24) is 4.90 Å². The monoisotopic (exact) mass is 269 g/mol. The number of esters is 1. The van der Waals surface area contributed by atoms with E-state index in [9.17, 15) is 9.59 Å². The highest BCUT2D eigenvalue weighted by Crippen LogP contribution is 2.34. The predicted molar refractivity (Wildman–Crippen MR) is 69.4 cm³/mol. The van der Waals surface area contributed by atoms with Crippen LogP contribution in [0.25, 0.3) is 0 Å². The fourth-order valence-corrected chi connectivity index (χ4v) is 3.22. The van der Waals surface area contributed by atoms with E-state index in [0.29, 0.717) is 19.5 Å². The standard InChI is InChI=1S/C14H23NO4/c1-8-9(2)19-10(3)12(8)13(16)15-6-5-11(7-15)14(17)18-4/h8-12H,5-7H2,1-4H3. The van der Waals surface area contributed by atoms with Crippen molar-refractivity contribution >= 4 is 11.9 Å². The van der Waals surface area contributed by atoms with Crippen LogP contribution >= 0.6 is 0 Å². The van der Waals surface area contributed by atoms with Gasteiger partial charge in [-0.3, -0.25) is 9.59 Å². The van der Waals surface area contributed by atoms with Crippen molar-refractivity contribution in [2.75, 3.05) is 20.2 Å². The summed E-state index contributed by atoms with van der Waals surface area (Å²) in [5, 5.41) is 0. The Kier molecular flexibility index (Phi) is 4.13. The lowest BCUT2D eigenvalue weighted by atomic mass is 9.88. The van der Waals surface area contributed by atoms with Gasteiger partial charge in [-0.2, -0.15) is 0 Å². The van der Waals surface area contributed by atoms with Crippen molar-refractivity contribution in [1.29, 1.82) is 0 Å². The Morgan fingerprint density at radius 1 is 1.21 bits per heavy atom. The Balaban J connectivity index is 2.00. The van der Waals surface area contributed by atoms with Gasteiger partial charge in [0.2, 0.25) is 5.91 Å². The first-order valence-electron chi connectivity index (χ1n) is 6.97. The number of nitrogens with zero attached hydrogens (tertiary/aromatic N) is 1. The van der Waals surface area contributed by atoms with Crippen LogP contribution in [0.15, 0.2) is 0 Å². The van der Waals surface area contributed by atoms with Crippen LogP contribution in [-0.4, -0.2) is 49.2 Å². The third kappa shape index (κ3) is 2.61. The van der Waals surface area contributed by atoms with E-state index >= 15 is 0 Å². The number of rotatable bonds is 2. The van der Waals surface area contributed by atoms with E-state index in [-0.39, 0.29) is 41.8 Å². The van der Waals surface area contributed by atoms with E-state index in [1.165, 1.54) is 7.11 Å². The minimum absolute atomic E-state index is 0.0466. The van der Waals surface area contributed by atoms with Gasteiger partial charge in [0.1, 0.15) is 0 Å². The molecule has 2 rings (SSSR count). The molecule has 0 saturated carbocycles. The summed E-state index contributed by atoms with van der Waals surface area (Å²) in [4.78, 5) is 25.9. The second kappa shape index (κ2) is 5.49. The molecule has 5 atom stereocenters. The van der Waals surface area contributed by atoms with Crippen molar-refractivity contribution in [2.24, 2.45) is 17.8 Å². The molecule has 5 heteroatoms. The first-order valence-corrected chi connectivity index (χ1v) is 6.97. The van der Waals surface area contributed by atoms with E-state index in [2.05, 4.69) is 6.92 Å². The van der Waals surface area contributed by atoms with Gasteiger partial charge in [-0.1, -0.05) is 6.92 Å². The first kappa shape index (κ1) is 14.3. The van der Waals surface area contributed by atoms with Crippen LogP contribution in [0, 0.1) is 17.8 Å². The zero-order valence-electron chi connectivity index (χ0n) is 12.1. The van der Waals surface area contributed by atoms with Crippen LogP contribution in [0.5, 0.6) is 0 Å². The van der Waals surface area contributed by atoms with E-state index in [1.54, 1.807) is 4.90 Å². The SMILES string of the molecule is COC(=O)C1CCN(C(=O)C2C(C)OC(C)C2C)C1. The van der Waals surface area contributed by atoms with Crippen molar-refractivity contribution in [2.45, 2.75) is 39.4 Å². The molecular formula is C14H23NO4. The highest BCUT2D eigenvalue weighted by Gasteiger charge is 2.45. The fraction of sp³-hybridized carbons (Fsp3) is 0.857. The maximum absolute atomic E-state index is 12.6. The number of hydrogen-bond donors (Lipinski definition) is 0. The first-order chi connectivity index (χ1) is 8.95. The molecule has 108 valence electrons. The van der Waals surface area contributed by atoms with E-state index in [1.807, 2.05) is 13.8 Å². The van der Waals surface area contributed by atoms with Crippen molar-refractivity contribution in [3.63, 3.8) is 0 Å². The van der Waals surface area contributed by atoms with Gasteiger partial charge in [0.15, 0.2) is 0 Å². The average Bonchev–Trinajstić information content (AvgIpc) is 2.95. The fourth-order valence-electron chi connectivity index (χ4n) is 3.22. The minimum Gasteiger partial charge on any atom is -0.469 e. The molecule has 0 radical (unpaired) electrons. The molecule has 2 saturated heterocycles. The van der Waals surface area contributed by atoms with E-state index < -0.39 is 0 Å². The van der Waals surface area contributed by atoms with Gasteiger partial charge in [0.25, 0.3) is 0 Å². The molecule has 19 heavy (non-hydrogen) atoms. The molecule has 5 unspecified atom stereocenters. The lowest BCUT2D eigenvalue weighted by Crippen LogP contribution is -2.40. The summed E-state index contributed by atoms with van der Waals surface area (Å²) in [6, 6.07) is 0. The maximum atomic E-state index is 12.6. The summed E-state index contributed by atoms with van der Waals surface area (Å²) in [5.41, 5.74) is 0. The molecule has 0 aromatic rings. The van der Waals surface area contributed by atoms with Gasteiger partial charge in [-0.25, -0.2) is 0 Å². The van der Waals surface area contributed by atoms with Crippen LogP contribution in [0.3, 0.4) is 0 Å².